The molecule has 0 aromatic rings. The Kier molecular flexibility index (Phi) is 4.81. The van der Waals surface area contributed by atoms with Gasteiger partial charge in [0.15, 0.2) is 0 Å². The van der Waals surface area contributed by atoms with E-state index in [0.717, 1.165) is 13.0 Å². The Labute approximate surface area is 109 Å². The first-order chi connectivity index (χ1) is 7.54. The summed E-state index contributed by atoms with van der Waals surface area (Å²) < 4.78 is 5.27. The fourth-order valence-corrected chi connectivity index (χ4v) is 2.62. The van der Waals surface area contributed by atoms with Crippen molar-refractivity contribution in [3.05, 3.63) is 0 Å². The van der Waals surface area contributed by atoms with Gasteiger partial charge in [0.1, 0.15) is 0 Å². The zero-order valence-corrected chi connectivity index (χ0v) is 11.5. The lowest BCUT2D eigenvalue weighted by molar-refractivity contribution is -0.141. The van der Waals surface area contributed by atoms with Gasteiger partial charge < -0.3 is 15.4 Å². The second-order valence-electron chi connectivity index (χ2n) is 5.27. The number of carbonyl (C=O) groups excluding carboxylic acids is 1. The van der Waals surface area contributed by atoms with Crippen LogP contribution in [-0.2, 0) is 9.53 Å². The van der Waals surface area contributed by atoms with E-state index in [-0.39, 0.29) is 18.3 Å². The molecule has 0 aromatic heterocycles. The summed E-state index contributed by atoms with van der Waals surface area (Å²) in [6, 6.07) is 0.329. The Morgan fingerprint density at radius 1 is 1.35 bits per heavy atom. The minimum Gasteiger partial charge on any atom is -0.381 e. The molecule has 2 heterocycles. The highest BCUT2D eigenvalue weighted by atomic mass is 35.5. The van der Waals surface area contributed by atoms with E-state index in [1.807, 2.05) is 4.90 Å². The van der Waals surface area contributed by atoms with Crippen LogP contribution in [0.4, 0.5) is 0 Å². The van der Waals surface area contributed by atoms with Crippen LogP contribution in [0, 0.1) is 5.92 Å². The maximum absolute atomic E-state index is 12.4. The van der Waals surface area contributed by atoms with Gasteiger partial charge in [0, 0.05) is 25.8 Å². The second kappa shape index (κ2) is 5.55. The number of carbonyl (C=O) groups is 1. The summed E-state index contributed by atoms with van der Waals surface area (Å²) in [5, 5.41) is 0. The van der Waals surface area contributed by atoms with E-state index in [9.17, 15) is 4.79 Å². The Hall–Kier alpha value is -0.320. The lowest BCUT2D eigenvalue weighted by Crippen LogP contribution is -2.58. The molecule has 2 aliphatic heterocycles. The number of nitrogens with two attached hydrogens (primary N) is 1. The molecule has 0 aromatic carbocycles. The van der Waals surface area contributed by atoms with Crippen molar-refractivity contribution in [3.63, 3.8) is 0 Å². The van der Waals surface area contributed by atoms with Crippen LogP contribution in [0.2, 0.25) is 0 Å². The van der Waals surface area contributed by atoms with Crippen LogP contribution in [-0.4, -0.2) is 42.1 Å². The summed E-state index contributed by atoms with van der Waals surface area (Å²) in [6.45, 7) is 6.41. The first-order valence-electron chi connectivity index (χ1n) is 6.22. The van der Waals surface area contributed by atoms with Gasteiger partial charge in [0.2, 0.25) is 5.91 Å². The second-order valence-corrected chi connectivity index (χ2v) is 5.27. The molecule has 0 aliphatic carbocycles. The first kappa shape index (κ1) is 14.7. The van der Waals surface area contributed by atoms with Gasteiger partial charge in [-0.1, -0.05) is 6.92 Å². The van der Waals surface area contributed by atoms with Crippen LogP contribution in [0.3, 0.4) is 0 Å². The third-order valence-corrected chi connectivity index (χ3v) is 4.21. The average molecular weight is 263 g/mol. The minimum atomic E-state index is -0.670. The molecule has 2 saturated heterocycles. The van der Waals surface area contributed by atoms with Crippen molar-refractivity contribution < 1.29 is 9.53 Å². The van der Waals surface area contributed by atoms with Crippen molar-refractivity contribution in [2.75, 3.05) is 19.8 Å². The molecule has 17 heavy (non-hydrogen) atoms. The van der Waals surface area contributed by atoms with E-state index in [4.69, 9.17) is 10.5 Å². The van der Waals surface area contributed by atoms with Gasteiger partial charge in [-0.3, -0.25) is 4.79 Å². The van der Waals surface area contributed by atoms with Crippen molar-refractivity contribution in [2.45, 2.75) is 44.7 Å². The summed E-state index contributed by atoms with van der Waals surface area (Å²) in [4.78, 5) is 14.4. The Bertz CT molecular complexity index is 280. The summed E-state index contributed by atoms with van der Waals surface area (Å²) >= 11 is 0. The quantitative estimate of drug-likeness (QED) is 0.772. The van der Waals surface area contributed by atoms with E-state index in [1.54, 1.807) is 0 Å². The number of hydrogen-bond acceptors (Lipinski definition) is 3. The van der Waals surface area contributed by atoms with Gasteiger partial charge in [-0.2, -0.15) is 0 Å². The molecule has 2 N–H and O–H groups in total. The maximum Gasteiger partial charge on any atom is 0.243 e. The molecule has 2 atom stereocenters. The third-order valence-electron chi connectivity index (χ3n) is 4.21. The molecule has 0 saturated carbocycles. The third kappa shape index (κ3) is 2.75. The van der Waals surface area contributed by atoms with Crippen molar-refractivity contribution in [2.24, 2.45) is 11.7 Å². The van der Waals surface area contributed by atoms with E-state index in [2.05, 4.69) is 13.8 Å². The maximum atomic E-state index is 12.4. The molecule has 2 rings (SSSR count). The van der Waals surface area contributed by atoms with Gasteiger partial charge in [-0.25, -0.2) is 0 Å². The zero-order chi connectivity index (χ0) is 11.8. The molecular formula is C12H23ClN2O2. The highest BCUT2D eigenvalue weighted by Crippen LogP contribution is 2.28. The summed E-state index contributed by atoms with van der Waals surface area (Å²) in [5.41, 5.74) is 5.55. The fourth-order valence-electron chi connectivity index (χ4n) is 2.62. The van der Waals surface area contributed by atoms with Crippen LogP contribution in [0.15, 0.2) is 0 Å². The molecule has 100 valence electrons. The van der Waals surface area contributed by atoms with E-state index < -0.39 is 5.54 Å². The lowest BCUT2D eigenvalue weighted by atomic mass is 9.89. The minimum absolute atomic E-state index is 0. The normalized spacial score (nSPS) is 32.1. The Morgan fingerprint density at radius 2 is 1.94 bits per heavy atom. The van der Waals surface area contributed by atoms with Crippen LogP contribution in [0.5, 0.6) is 0 Å². The monoisotopic (exact) mass is 262 g/mol. The van der Waals surface area contributed by atoms with E-state index in [1.165, 1.54) is 0 Å². The number of likely N-dealkylation sites (tertiary alicyclic amines) is 1. The van der Waals surface area contributed by atoms with Crippen molar-refractivity contribution in [1.82, 2.24) is 4.90 Å². The average Bonchev–Trinajstić information content (AvgIpc) is 2.60. The molecule has 4 nitrogen and oxygen atoms in total. The molecule has 0 spiro atoms. The highest BCUT2D eigenvalue weighted by molar-refractivity contribution is 5.86. The molecule has 2 aliphatic rings. The van der Waals surface area contributed by atoms with Gasteiger partial charge in [-0.05, 0) is 32.1 Å². The predicted molar refractivity (Wildman–Crippen MR) is 69.2 cm³/mol. The summed E-state index contributed by atoms with van der Waals surface area (Å²) in [6.07, 6.45) is 2.41. The molecule has 5 heteroatoms. The van der Waals surface area contributed by atoms with Gasteiger partial charge in [-0.15, -0.1) is 12.4 Å². The topological polar surface area (TPSA) is 55.6 Å². The molecule has 2 fully saturated rings. The zero-order valence-electron chi connectivity index (χ0n) is 10.6. The van der Waals surface area contributed by atoms with Crippen molar-refractivity contribution >= 4 is 18.3 Å². The summed E-state index contributed by atoms with van der Waals surface area (Å²) in [7, 11) is 0. The summed E-state index contributed by atoms with van der Waals surface area (Å²) in [5.74, 6) is 0.722. The standard InChI is InChI=1S/C12H22N2O2.ClH/c1-9-3-6-14(10(9)2)11(15)12(13)4-7-16-8-5-12;/h9-10H,3-8,13H2,1-2H3;1H. The number of nitrogens with zero attached hydrogens (tertiary/aromatic N) is 1. The SMILES string of the molecule is CC1CCN(C(=O)C2(N)CCOCC2)C1C.Cl. The molecule has 0 radical (unpaired) electrons. The smallest absolute Gasteiger partial charge is 0.243 e. The molecule has 2 unspecified atom stereocenters. The van der Waals surface area contributed by atoms with Crippen LogP contribution in [0.25, 0.3) is 0 Å². The molecular weight excluding hydrogens is 240 g/mol. The largest absolute Gasteiger partial charge is 0.381 e. The first-order valence-corrected chi connectivity index (χ1v) is 6.22. The molecule has 0 bridgehead atoms. The van der Waals surface area contributed by atoms with Crippen LogP contribution >= 0.6 is 12.4 Å². The number of halogens is 1. The van der Waals surface area contributed by atoms with Crippen molar-refractivity contribution in [1.29, 1.82) is 0 Å². The predicted octanol–water partition coefficient (Wildman–Crippen LogP) is 1.17. The van der Waals surface area contributed by atoms with E-state index in [0.29, 0.717) is 38.0 Å². The Balaban J connectivity index is 0.00000144. The van der Waals surface area contributed by atoms with Gasteiger partial charge in [0.05, 0.1) is 5.54 Å². The van der Waals surface area contributed by atoms with Crippen molar-refractivity contribution in [3.8, 4) is 0 Å². The number of ether oxygens (including phenoxy) is 1. The lowest BCUT2D eigenvalue weighted by Gasteiger charge is -2.37. The number of hydrogen-bond donors (Lipinski definition) is 1. The Morgan fingerprint density at radius 3 is 2.41 bits per heavy atom. The van der Waals surface area contributed by atoms with E-state index >= 15 is 0 Å². The van der Waals surface area contributed by atoms with Gasteiger partial charge in [0.25, 0.3) is 0 Å². The number of amides is 1. The van der Waals surface area contributed by atoms with Crippen LogP contribution < -0.4 is 5.73 Å². The number of rotatable bonds is 1. The highest BCUT2D eigenvalue weighted by Gasteiger charge is 2.42. The fraction of sp³-hybridized carbons (Fsp3) is 0.917. The van der Waals surface area contributed by atoms with Crippen LogP contribution in [0.1, 0.15) is 33.1 Å². The van der Waals surface area contributed by atoms with Gasteiger partial charge >= 0.3 is 0 Å². The molecule has 1 amide bonds.